The second-order valence-electron chi connectivity index (χ2n) is 5.60. The predicted octanol–water partition coefficient (Wildman–Crippen LogP) is 4.05. The number of nitrogens with one attached hydrogen (secondary N) is 3. The summed E-state index contributed by atoms with van der Waals surface area (Å²) in [6, 6.07) is 12.3. The second kappa shape index (κ2) is 7.84. The summed E-state index contributed by atoms with van der Waals surface area (Å²) in [6.07, 6.45) is 0. The maximum atomic E-state index is 12.3. The molecule has 0 saturated heterocycles. The molecule has 0 aliphatic heterocycles. The molecule has 0 saturated carbocycles. The van der Waals surface area contributed by atoms with E-state index in [1.54, 1.807) is 25.1 Å². The standard InChI is InChI=1S/C18H20ClN3O2/c1-11-5-4-6-14(9-11)22-18(24)12(2)20-15-7-8-17(16(19)10-15)21-13(3)23/h4-10,12,20H,1-3H3,(H,21,23)(H,22,24)/t12-/m1/s1. The Labute approximate surface area is 146 Å². The van der Waals surface area contributed by atoms with Gasteiger partial charge < -0.3 is 16.0 Å². The van der Waals surface area contributed by atoms with Crippen LogP contribution in [0.4, 0.5) is 17.1 Å². The highest BCUT2D eigenvalue weighted by molar-refractivity contribution is 6.34. The molecule has 0 radical (unpaired) electrons. The van der Waals surface area contributed by atoms with E-state index in [-0.39, 0.29) is 11.8 Å². The number of halogens is 1. The van der Waals surface area contributed by atoms with Gasteiger partial charge in [-0.05, 0) is 49.7 Å². The molecule has 0 bridgehead atoms. The molecule has 0 aromatic heterocycles. The zero-order valence-corrected chi connectivity index (χ0v) is 14.6. The topological polar surface area (TPSA) is 70.2 Å². The van der Waals surface area contributed by atoms with Crippen molar-refractivity contribution >= 4 is 40.5 Å². The van der Waals surface area contributed by atoms with E-state index in [2.05, 4.69) is 16.0 Å². The van der Waals surface area contributed by atoms with E-state index in [1.165, 1.54) is 6.92 Å². The third kappa shape index (κ3) is 4.99. The molecule has 0 aliphatic rings. The van der Waals surface area contributed by atoms with Crippen molar-refractivity contribution in [3.63, 3.8) is 0 Å². The summed E-state index contributed by atoms with van der Waals surface area (Å²) in [6.45, 7) is 5.15. The van der Waals surface area contributed by atoms with E-state index in [9.17, 15) is 9.59 Å². The van der Waals surface area contributed by atoms with Gasteiger partial charge in [0.1, 0.15) is 6.04 Å². The van der Waals surface area contributed by atoms with Crippen LogP contribution < -0.4 is 16.0 Å². The second-order valence-corrected chi connectivity index (χ2v) is 6.01. The third-order valence-electron chi connectivity index (χ3n) is 3.34. The molecule has 1 atom stereocenters. The summed E-state index contributed by atoms with van der Waals surface area (Å²) in [5.41, 5.74) is 3.06. The van der Waals surface area contributed by atoms with Gasteiger partial charge in [-0.2, -0.15) is 0 Å². The van der Waals surface area contributed by atoms with Crippen LogP contribution >= 0.6 is 11.6 Å². The number of carbonyl (C=O) groups excluding carboxylic acids is 2. The summed E-state index contributed by atoms with van der Waals surface area (Å²) in [4.78, 5) is 23.3. The first-order chi connectivity index (χ1) is 11.3. The van der Waals surface area contributed by atoms with Crippen LogP contribution in [0.3, 0.4) is 0 Å². The van der Waals surface area contributed by atoms with Crippen LogP contribution in [-0.2, 0) is 9.59 Å². The van der Waals surface area contributed by atoms with Crippen molar-refractivity contribution in [1.29, 1.82) is 0 Å². The number of amides is 2. The Kier molecular flexibility index (Phi) is 5.82. The van der Waals surface area contributed by atoms with Gasteiger partial charge in [0.2, 0.25) is 11.8 Å². The van der Waals surface area contributed by atoms with Gasteiger partial charge in [-0.3, -0.25) is 9.59 Å². The number of hydrogen-bond acceptors (Lipinski definition) is 3. The normalized spacial score (nSPS) is 11.5. The lowest BCUT2D eigenvalue weighted by atomic mass is 10.2. The summed E-state index contributed by atoms with van der Waals surface area (Å²) < 4.78 is 0. The lowest BCUT2D eigenvalue weighted by molar-refractivity contribution is -0.116. The average molecular weight is 346 g/mol. The average Bonchev–Trinajstić information content (AvgIpc) is 2.49. The lowest BCUT2D eigenvalue weighted by Crippen LogP contribution is -2.31. The highest BCUT2D eigenvalue weighted by atomic mass is 35.5. The highest BCUT2D eigenvalue weighted by Gasteiger charge is 2.13. The van der Waals surface area contributed by atoms with Crippen molar-refractivity contribution < 1.29 is 9.59 Å². The van der Waals surface area contributed by atoms with E-state index < -0.39 is 6.04 Å². The van der Waals surface area contributed by atoms with E-state index in [1.807, 2.05) is 31.2 Å². The minimum absolute atomic E-state index is 0.150. The van der Waals surface area contributed by atoms with E-state index in [0.717, 1.165) is 11.3 Å². The van der Waals surface area contributed by atoms with Gasteiger partial charge in [0, 0.05) is 18.3 Å². The minimum atomic E-state index is -0.451. The SMILES string of the molecule is CC(=O)Nc1ccc(N[C@H](C)C(=O)Nc2cccc(C)c2)cc1Cl. The number of benzene rings is 2. The Balaban J connectivity index is 2.00. The van der Waals surface area contributed by atoms with Crippen LogP contribution in [0.15, 0.2) is 42.5 Å². The molecular formula is C18H20ClN3O2. The number of hydrogen-bond donors (Lipinski definition) is 3. The zero-order valence-electron chi connectivity index (χ0n) is 13.8. The molecule has 0 heterocycles. The van der Waals surface area contributed by atoms with Crippen molar-refractivity contribution in [3.8, 4) is 0 Å². The first-order valence-corrected chi connectivity index (χ1v) is 7.94. The summed E-state index contributed by atoms with van der Waals surface area (Å²) in [5, 5.41) is 8.99. The molecule has 5 nitrogen and oxygen atoms in total. The lowest BCUT2D eigenvalue weighted by Gasteiger charge is -2.16. The molecule has 2 amide bonds. The van der Waals surface area contributed by atoms with E-state index in [4.69, 9.17) is 11.6 Å². The van der Waals surface area contributed by atoms with Crippen molar-refractivity contribution in [3.05, 3.63) is 53.1 Å². The Morgan fingerprint density at radius 1 is 1.04 bits per heavy atom. The van der Waals surface area contributed by atoms with Crippen LogP contribution in [0.1, 0.15) is 19.4 Å². The highest BCUT2D eigenvalue weighted by Crippen LogP contribution is 2.26. The van der Waals surface area contributed by atoms with Crippen molar-refractivity contribution in [2.75, 3.05) is 16.0 Å². The van der Waals surface area contributed by atoms with Gasteiger partial charge >= 0.3 is 0 Å². The smallest absolute Gasteiger partial charge is 0.246 e. The molecule has 0 aliphatic carbocycles. The molecular weight excluding hydrogens is 326 g/mol. The fourth-order valence-corrected chi connectivity index (χ4v) is 2.41. The Morgan fingerprint density at radius 3 is 2.42 bits per heavy atom. The first kappa shape index (κ1) is 17.8. The summed E-state index contributed by atoms with van der Waals surface area (Å²) in [5.74, 6) is -0.342. The van der Waals surface area contributed by atoms with Gasteiger partial charge in [0.15, 0.2) is 0 Å². The fourth-order valence-electron chi connectivity index (χ4n) is 2.18. The van der Waals surface area contributed by atoms with Gasteiger partial charge in [0.05, 0.1) is 10.7 Å². The number of anilines is 3. The van der Waals surface area contributed by atoms with Crippen molar-refractivity contribution in [2.45, 2.75) is 26.8 Å². The number of carbonyl (C=O) groups is 2. The van der Waals surface area contributed by atoms with E-state index >= 15 is 0 Å². The molecule has 24 heavy (non-hydrogen) atoms. The molecule has 0 fully saturated rings. The maximum Gasteiger partial charge on any atom is 0.246 e. The molecule has 0 spiro atoms. The molecule has 6 heteroatoms. The Bertz CT molecular complexity index is 762. The minimum Gasteiger partial charge on any atom is -0.374 e. The Morgan fingerprint density at radius 2 is 1.79 bits per heavy atom. The van der Waals surface area contributed by atoms with Crippen LogP contribution in [0, 0.1) is 6.92 Å². The molecule has 126 valence electrons. The maximum absolute atomic E-state index is 12.3. The summed E-state index contributed by atoms with van der Waals surface area (Å²) in [7, 11) is 0. The fraction of sp³-hybridized carbons (Fsp3) is 0.222. The van der Waals surface area contributed by atoms with Gasteiger partial charge in [0.25, 0.3) is 0 Å². The monoisotopic (exact) mass is 345 g/mol. The molecule has 2 aromatic rings. The predicted molar refractivity (Wildman–Crippen MR) is 98.6 cm³/mol. The molecule has 2 rings (SSSR count). The van der Waals surface area contributed by atoms with Gasteiger partial charge in [-0.25, -0.2) is 0 Å². The molecule has 2 aromatic carbocycles. The number of aryl methyl sites for hydroxylation is 1. The van der Waals surface area contributed by atoms with Crippen LogP contribution in [0.25, 0.3) is 0 Å². The largest absolute Gasteiger partial charge is 0.374 e. The zero-order chi connectivity index (χ0) is 17.7. The number of rotatable bonds is 5. The molecule has 0 unspecified atom stereocenters. The van der Waals surface area contributed by atoms with Gasteiger partial charge in [-0.1, -0.05) is 23.7 Å². The summed E-state index contributed by atoms with van der Waals surface area (Å²) >= 11 is 6.13. The van der Waals surface area contributed by atoms with Gasteiger partial charge in [-0.15, -0.1) is 0 Å². The molecule has 3 N–H and O–H groups in total. The van der Waals surface area contributed by atoms with Crippen molar-refractivity contribution in [2.24, 2.45) is 0 Å². The van der Waals surface area contributed by atoms with Crippen molar-refractivity contribution in [1.82, 2.24) is 0 Å². The van der Waals surface area contributed by atoms with E-state index in [0.29, 0.717) is 16.4 Å². The Hall–Kier alpha value is -2.53. The quantitative estimate of drug-likeness (QED) is 0.765. The third-order valence-corrected chi connectivity index (χ3v) is 3.65. The van der Waals surface area contributed by atoms with Crippen LogP contribution in [0.5, 0.6) is 0 Å². The first-order valence-electron chi connectivity index (χ1n) is 7.56. The van der Waals surface area contributed by atoms with Crippen LogP contribution in [-0.4, -0.2) is 17.9 Å². The van der Waals surface area contributed by atoms with Crippen LogP contribution in [0.2, 0.25) is 5.02 Å².